The van der Waals surface area contributed by atoms with Gasteiger partial charge in [-0.05, 0) is 24.6 Å². The average molecular weight is 226 g/mol. The summed E-state index contributed by atoms with van der Waals surface area (Å²) in [6.07, 6.45) is 3.07. The molecule has 0 aliphatic rings. The number of benzene rings is 1. The van der Waals surface area contributed by atoms with Crippen LogP contribution in [0.25, 0.3) is 6.08 Å². The third-order valence-corrected chi connectivity index (χ3v) is 1.79. The van der Waals surface area contributed by atoms with Gasteiger partial charge in [-0.3, -0.25) is 4.79 Å². The van der Waals surface area contributed by atoms with Gasteiger partial charge < -0.3 is 4.74 Å². The molecule has 86 valence electrons. The first-order valence-electron chi connectivity index (χ1n) is 4.90. The fourth-order valence-electron chi connectivity index (χ4n) is 1.18. The highest BCUT2D eigenvalue weighted by Gasteiger charge is 1.99. The van der Waals surface area contributed by atoms with E-state index in [1.165, 1.54) is 24.3 Å². The summed E-state index contributed by atoms with van der Waals surface area (Å²) in [5, 5.41) is 0. The van der Waals surface area contributed by atoms with Crippen molar-refractivity contribution in [1.29, 1.82) is 0 Å². The second-order valence-electron chi connectivity index (χ2n) is 3.11. The Labute approximate surface area is 92.5 Å². The maximum absolute atomic E-state index is 12.8. The number of hydrogen-bond donors (Lipinski definition) is 0. The third-order valence-electron chi connectivity index (χ3n) is 1.79. The SMILES string of the molecule is CCOC(=O)CC=Cc1cc(F)cc(F)c1. The highest BCUT2D eigenvalue weighted by Crippen LogP contribution is 2.09. The highest BCUT2D eigenvalue weighted by atomic mass is 19.1. The van der Waals surface area contributed by atoms with Crippen LogP contribution >= 0.6 is 0 Å². The molecule has 1 aromatic carbocycles. The Morgan fingerprint density at radius 1 is 1.31 bits per heavy atom. The van der Waals surface area contributed by atoms with Crippen molar-refractivity contribution in [2.24, 2.45) is 0 Å². The first-order chi connectivity index (χ1) is 7.61. The van der Waals surface area contributed by atoms with Crippen molar-refractivity contribution in [2.75, 3.05) is 6.61 Å². The summed E-state index contributed by atoms with van der Waals surface area (Å²) >= 11 is 0. The molecule has 0 aromatic heterocycles. The van der Waals surface area contributed by atoms with Gasteiger partial charge in [0.1, 0.15) is 11.6 Å². The molecule has 0 bridgehead atoms. The summed E-state index contributed by atoms with van der Waals surface area (Å²) in [7, 11) is 0. The van der Waals surface area contributed by atoms with E-state index in [0.717, 1.165) is 6.07 Å². The largest absolute Gasteiger partial charge is 0.466 e. The summed E-state index contributed by atoms with van der Waals surface area (Å²) < 4.78 is 30.2. The molecule has 0 spiro atoms. The van der Waals surface area contributed by atoms with Crippen LogP contribution in [-0.2, 0) is 9.53 Å². The first-order valence-corrected chi connectivity index (χ1v) is 4.90. The van der Waals surface area contributed by atoms with E-state index in [9.17, 15) is 13.6 Å². The lowest BCUT2D eigenvalue weighted by Gasteiger charge is -1.97. The molecule has 4 heteroatoms. The molecular formula is C12H12F2O2. The second-order valence-corrected chi connectivity index (χ2v) is 3.11. The topological polar surface area (TPSA) is 26.3 Å². The standard InChI is InChI=1S/C12H12F2O2/c1-2-16-12(15)5-3-4-9-6-10(13)8-11(14)7-9/h3-4,6-8H,2,5H2,1H3. The van der Waals surface area contributed by atoms with E-state index in [1.807, 2.05) is 0 Å². The van der Waals surface area contributed by atoms with Crippen molar-refractivity contribution in [1.82, 2.24) is 0 Å². The fraction of sp³-hybridized carbons (Fsp3) is 0.250. The molecule has 1 aromatic rings. The molecule has 0 fully saturated rings. The van der Waals surface area contributed by atoms with Gasteiger partial charge in [-0.25, -0.2) is 8.78 Å². The van der Waals surface area contributed by atoms with E-state index < -0.39 is 11.6 Å². The maximum atomic E-state index is 12.8. The lowest BCUT2D eigenvalue weighted by atomic mass is 10.2. The van der Waals surface area contributed by atoms with Crippen molar-refractivity contribution < 1.29 is 18.3 Å². The van der Waals surface area contributed by atoms with Gasteiger partial charge in [0.2, 0.25) is 0 Å². The predicted molar refractivity (Wildman–Crippen MR) is 56.6 cm³/mol. The molecule has 0 aliphatic carbocycles. The minimum atomic E-state index is -0.643. The minimum Gasteiger partial charge on any atom is -0.466 e. The summed E-state index contributed by atoms with van der Waals surface area (Å²) in [5.74, 6) is -1.65. The van der Waals surface area contributed by atoms with Gasteiger partial charge in [0, 0.05) is 6.07 Å². The van der Waals surface area contributed by atoms with E-state index in [0.29, 0.717) is 12.2 Å². The lowest BCUT2D eigenvalue weighted by Crippen LogP contribution is -2.01. The van der Waals surface area contributed by atoms with Crippen LogP contribution in [0.2, 0.25) is 0 Å². The van der Waals surface area contributed by atoms with Gasteiger partial charge in [-0.15, -0.1) is 0 Å². The number of hydrogen-bond acceptors (Lipinski definition) is 2. The Balaban J connectivity index is 2.59. The van der Waals surface area contributed by atoms with E-state index in [2.05, 4.69) is 4.74 Å². The zero-order valence-electron chi connectivity index (χ0n) is 8.87. The molecule has 0 aliphatic heterocycles. The first kappa shape index (κ1) is 12.4. The average Bonchev–Trinajstić information content (AvgIpc) is 2.16. The van der Waals surface area contributed by atoms with Crippen LogP contribution in [0.15, 0.2) is 24.3 Å². The molecule has 0 saturated carbocycles. The highest BCUT2D eigenvalue weighted by molar-refractivity contribution is 5.72. The van der Waals surface area contributed by atoms with Crippen LogP contribution < -0.4 is 0 Å². The van der Waals surface area contributed by atoms with Crippen molar-refractivity contribution in [3.63, 3.8) is 0 Å². The molecule has 2 nitrogen and oxygen atoms in total. The molecule has 0 radical (unpaired) electrons. The second kappa shape index (κ2) is 6.00. The zero-order valence-corrected chi connectivity index (χ0v) is 8.87. The lowest BCUT2D eigenvalue weighted by molar-refractivity contribution is -0.142. The van der Waals surface area contributed by atoms with Crippen LogP contribution in [-0.4, -0.2) is 12.6 Å². The predicted octanol–water partition coefficient (Wildman–Crippen LogP) is 2.93. The van der Waals surface area contributed by atoms with E-state index in [-0.39, 0.29) is 12.4 Å². The van der Waals surface area contributed by atoms with Crippen LogP contribution in [0.3, 0.4) is 0 Å². The van der Waals surface area contributed by atoms with Crippen molar-refractivity contribution in [3.05, 3.63) is 41.5 Å². The molecule has 0 atom stereocenters. The molecule has 0 amide bonds. The fourth-order valence-corrected chi connectivity index (χ4v) is 1.18. The number of rotatable bonds is 4. The molecule has 0 saturated heterocycles. The van der Waals surface area contributed by atoms with Gasteiger partial charge in [0.05, 0.1) is 13.0 Å². The van der Waals surface area contributed by atoms with Gasteiger partial charge in [0.25, 0.3) is 0 Å². The quantitative estimate of drug-likeness (QED) is 0.738. The Kier molecular flexibility index (Phi) is 4.64. The summed E-state index contributed by atoms with van der Waals surface area (Å²) in [6, 6.07) is 3.16. The Hall–Kier alpha value is -1.71. The molecule has 0 unspecified atom stereocenters. The van der Waals surface area contributed by atoms with Gasteiger partial charge in [-0.2, -0.15) is 0 Å². The summed E-state index contributed by atoms with van der Waals surface area (Å²) in [4.78, 5) is 10.9. The van der Waals surface area contributed by atoms with Gasteiger partial charge >= 0.3 is 5.97 Å². The van der Waals surface area contributed by atoms with Crippen molar-refractivity contribution in [3.8, 4) is 0 Å². The minimum absolute atomic E-state index is 0.0893. The number of carbonyl (C=O) groups excluding carboxylic acids is 1. The Bertz CT molecular complexity index is 380. The Morgan fingerprint density at radius 3 is 2.50 bits per heavy atom. The molecule has 1 rings (SSSR count). The van der Waals surface area contributed by atoms with Crippen LogP contribution in [0, 0.1) is 11.6 Å². The number of carbonyl (C=O) groups is 1. The third kappa shape index (κ3) is 4.21. The Morgan fingerprint density at radius 2 is 1.94 bits per heavy atom. The monoisotopic (exact) mass is 226 g/mol. The van der Waals surface area contributed by atoms with Crippen LogP contribution in [0.5, 0.6) is 0 Å². The van der Waals surface area contributed by atoms with E-state index >= 15 is 0 Å². The normalized spacial score (nSPS) is 10.7. The molecule has 0 N–H and O–H groups in total. The van der Waals surface area contributed by atoms with Gasteiger partial charge in [-0.1, -0.05) is 12.2 Å². The molecule has 0 heterocycles. The number of halogens is 2. The zero-order chi connectivity index (χ0) is 12.0. The summed E-state index contributed by atoms with van der Waals surface area (Å²) in [6.45, 7) is 2.03. The van der Waals surface area contributed by atoms with Crippen LogP contribution in [0.4, 0.5) is 8.78 Å². The number of ether oxygens (including phenoxy) is 1. The van der Waals surface area contributed by atoms with E-state index in [1.54, 1.807) is 6.92 Å². The molecule has 16 heavy (non-hydrogen) atoms. The van der Waals surface area contributed by atoms with Crippen LogP contribution in [0.1, 0.15) is 18.9 Å². The van der Waals surface area contributed by atoms with E-state index in [4.69, 9.17) is 0 Å². The van der Waals surface area contributed by atoms with Crippen molar-refractivity contribution >= 4 is 12.0 Å². The number of esters is 1. The van der Waals surface area contributed by atoms with Crippen molar-refractivity contribution in [2.45, 2.75) is 13.3 Å². The maximum Gasteiger partial charge on any atom is 0.309 e. The van der Waals surface area contributed by atoms with Gasteiger partial charge in [0.15, 0.2) is 0 Å². The summed E-state index contributed by atoms with van der Waals surface area (Å²) in [5.41, 5.74) is 0.377. The molecular weight excluding hydrogens is 214 g/mol. The smallest absolute Gasteiger partial charge is 0.309 e.